The van der Waals surface area contributed by atoms with Crippen molar-refractivity contribution in [2.24, 2.45) is 0 Å². The maximum atomic E-state index is 12.4. The van der Waals surface area contributed by atoms with Crippen LogP contribution < -0.4 is 4.90 Å². The van der Waals surface area contributed by atoms with E-state index in [1.54, 1.807) is 22.7 Å². The first-order chi connectivity index (χ1) is 9.62. The van der Waals surface area contributed by atoms with Crippen LogP contribution in [0.1, 0.15) is 37.0 Å². The van der Waals surface area contributed by atoms with Crippen LogP contribution in [0.3, 0.4) is 0 Å². The molecule has 1 aromatic carbocycles. The van der Waals surface area contributed by atoms with Crippen LogP contribution in [0.5, 0.6) is 0 Å². The summed E-state index contributed by atoms with van der Waals surface area (Å²) in [6, 6.07) is 5.64. The summed E-state index contributed by atoms with van der Waals surface area (Å²) in [6.07, 6.45) is 2.99. The highest BCUT2D eigenvalue weighted by Gasteiger charge is 2.32. The number of ketones is 1. The van der Waals surface area contributed by atoms with Gasteiger partial charge in [0.15, 0.2) is 5.78 Å². The number of hydrogen-bond acceptors (Lipinski definition) is 3. The second-order valence-corrected chi connectivity index (χ2v) is 5.96. The van der Waals surface area contributed by atoms with Crippen LogP contribution in [0, 0.1) is 0 Å². The molecule has 4 heteroatoms. The predicted octanol–water partition coefficient (Wildman–Crippen LogP) is 3.68. The topological polar surface area (TPSA) is 37.4 Å². The van der Waals surface area contributed by atoms with Crippen molar-refractivity contribution < 1.29 is 9.59 Å². The van der Waals surface area contributed by atoms with E-state index in [9.17, 15) is 9.59 Å². The van der Waals surface area contributed by atoms with E-state index in [1.165, 1.54) is 0 Å². The lowest BCUT2D eigenvalue weighted by Gasteiger charge is -2.33. The van der Waals surface area contributed by atoms with Gasteiger partial charge in [-0.25, -0.2) is 0 Å². The molecule has 20 heavy (non-hydrogen) atoms. The molecule has 0 bridgehead atoms. The number of benzene rings is 1. The first-order valence-corrected chi connectivity index (χ1v) is 7.76. The molecule has 0 aromatic heterocycles. The van der Waals surface area contributed by atoms with E-state index in [-0.39, 0.29) is 16.9 Å². The molecule has 1 amide bonds. The molecule has 0 aliphatic carbocycles. The summed E-state index contributed by atoms with van der Waals surface area (Å²) in [6.45, 7) is 8.06. The zero-order valence-electron chi connectivity index (χ0n) is 11.9. The largest absolute Gasteiger partial charge is 0.306 e. The van der Waals surface area contributed by atoms with Gasteiger partial charge < -0.3 is 4.90 Å². The van der Waals surface area contributed by atoms with Crippen molar-refractivity contribution in [2.75, 3.05) is 11.4 Å². The zero-order valence-corrected chi connectivity index (χ0v) is 12.7. The van der Waals surface area contributed by atoms with Crippen molar-refractivity contribution in [3.63, 3.8) is 0 Å². The molecule has 0 fully saturated rings. The summed E-state index contributed by atoms with van der Waals surface area (Å²) >= 11 is 1.59. The molecule has 1 unspecified atom stereocenters. The van der Waals surface area contributed by atoms with Crippen molar-refractivity contribution in [2.45, 2.75) is 36.8 Å². The maximum absolute atomic E-state index is 12.4. The Bertz CT molecular complexity index is 553. The van der Waals surface area contributed by atoms with Crippen molar-refractivity contribution in [3.05, 3.63) is 36.4 Å². The lowest BCUT2D eigenvalue weighted by atomic mass is 10.1. The molecule has 1 heterocycles. The van der Waals surface area contributed by atoms with E-state index < -0.39 is 0 Å². The number of carbonyl (C=O) groups excluding carboxylic acids is 2. The lowest BCUT2D eigenvalue weighted by Crippen LogP contribution is -2.40. The normalized spacial score (nSPS) is 17.8. The fraction of sp³-hybridized carbons (Fsp3) is 0.375. The van der Waals surface area contributed by atoms with Crippen LogP contribution in [0.25, 0.3) is 0 Å². The number of fused-ring (bicyclic) bond motifs is 1. The summed E-state index contributed by atoms with van der Waals surface area (Å²) in [5.41, 5.74) is 1.51. The van der Waals surface area contributed by atoms with Gasteiger partial charge in [0.1, 0.15) is 0 Å². The van der Waals surface area contributed by atoms with Gasteiger partial charge in [0.05, 0.1) is 10.9 Å². The quantitative estimate of drug-likeness (QED) is 0.613. The van der Waals surface area contributed by atoms with Gasteiger partial charge in [-0.2, -0.15) is 0 Å². The van der Waals surface area contributed by atoms with Crippen molar-refractivity contribution >= 4 is 29.1 Å². The maximum Gasteiger partial charge on any atom is 0.240 e. The van der Waals surface area contributed by atoms with E-state index in [4.69, 9.17) is 0 Å². The smallest absolute Gasteiger partial charge is 0.240 e. The SMILES string of the molecule is C=CCN1C(=O)C(CC)Sc2ccc(C(=O)CC)cc21. The molecular formula is C16H19NO2S. The van der Waals surface area contributed by atoms with E-state index in [0.29, 0.717) is 18.5 Å². The molecule has 0 saturated carbocycles. The Morgan fingerprint density at radius 1 is 1.45 bits per heavy atom. The highest BCUT2D eigenvalue weighted by atomic mass is 32.2. The van der Waals surface area contributed by atoms with Crippen LogP contribution in [0.4, 0.5) is 5.69 Å². The van der Waals surface area contributed by atoms with Crippen LogP contribution in [0.2, 0.25) is 0 Å². The fourth-order valence-corrected chi connectivity index (χ4v) is 3.41. The van der Waals surface area contributed by atoms with Crippen molar-refractivity contribution in [3.8, 4) is 0 Å². The third-order valence-corrected chi connectivity index (χ3v) is 4.80. The van der Waals surface area contributed by atoms with Gasteiger partial charge in [-0.15, -0.1) is 18.3 Å². The van der Waals surface area contributed by atoms with Gasteiger partial charge in [0.2, 0.25) is 5.91 Å². The summed E-state index contributed by atoms with van der Waals surface area (Å²) in [5, 5.41) is -0.0461. The van der Waals surface area contributed by atoms with Gasteiger partial charge in [0.25, 0.3) is 0 Å². The van der Waals surface area contributed by atoms with Gasteiger partial charge in [0, 0.05) is 23.4 Å². The number of carbonyl (C=O) groups is 2. The highest BCUT2D eigenvalue weighted by molar-refractivity contribution is 8.01. The zero-order chi connectivity index (χ0) is 14.7. The van der Waals surface area contributed by atoms with Crippen LogP contribution in [-0.4, -0.2) is 23.5 Å². The second-order valence-electron chi connectivity index (χ2n) is 4.71. The minimum atomic E-state index is -0.0461. The highest BCUT2D eigenvalue weighted by Crippen LogP contribution is 2.40. The van der Waals surface area contributed by atoms with Crippen molar-refractivity contribution in [1.82, 2.24) is 0 Å². The molecule has 0 saturated heterocycles. The summed E-state index contributed by atoms with van der Waals surface area (Å²) in [5.74, 6) is 0.201. The third-order valence-electron chi connectivity index (χ3n) is 3.39. The van der Waals surface area contributed by atoms with E-state index >= 15 is 0 Å². The van der Waals surface area contributed by atoms with Gasteiger partial charge in [-0.1, -0.05) is 26.0 Å². The molecule has 0 N–H and O–H groups in total. The minimum Gasteiger partial charge on any atom is -0.306 e. The van der Waals surface area contributed by atoms with E-state index in [2.05, 4.69) is 6.58 Å². The number of hydrogen-bond donors (Lipinski definition) is 0. The Morgan fingerprint density at radius 3 is 2.80 bits per heavy atom. The second kappa shape index (κ2) is 6.27. The van der Waals surface area contributed by atoms with Gasteiger partial charge in [-0.3, -0.25) is 9.59 Å². The Kier molecular flexibility index (Phi) is 4.65. The van der Waals surface area contributed by atoms with Crippen LogP contribution in [0.15, 0.2) is 35.7 Å². The standard InChI is InChI=1S/C16H19NO2S/c1-4-9-17-12-10-11(13(18)5-2)7-8-15(12)20-14(6-3)16(17)19/h4,7-8,10,14H,1,5-6,9H2,2-3H3. The van der Waals surface area contributed by atoms with Crippen molar-refractivity contribution in [1.29, 1.82) is 0 Å². The van der Waals surface area contributed by atoms with Gasteiger partial charge >= 0.3 is 0 Å². The molecule has 0 radical (unpaired) electrons. The molecule has 106 valence electrons. The molecule has 3 nitrogen and oxygen atoms in total. The molecule has 2 rings (SSSR count). The summed E-state index contributed by atoms with van der Waals surface area (Å²) < 4.78 is 0. The average Bonchev–Trinajstić information content (AvgIpc) is 2.48. The summed E-state index contributed by atoms with van der Waals surface area (Å²) in [4.78, 5) is 27.1. The number of Topliss-reactive ketones (excluding diaryl/α,β-unsaturated/α-hetero) is 1. The predicted molar refractivity (Wildman–Crippen MR) is 83.5 cm³/mol. The first kappa shape index (κ1) is 14.9. The first-order valence-electron chi connectivity index (χ1n) is 6.88. The minimum absolute atomic E-state index is 0.0461. The van der Waals surface area contributed by atoms with E-state index in [1.807, 2.05) is 32.0 Å². The Hall–Kier alpha value is -1.55. The average molecular weight is 289 g/mol. The number of nitrogens with zero attached hydrogens (tertiary/aromatic N) is 1. The molecule has 1 aliphatic rings. The van der Waals surface area contributed by atoms with Crippen LogP contribution >= 0.6 is 11.8 Å². The number of amides is 1. The van der Waals surface area contributed by atoms with Crippen LogP contribution in [-0.2, 0) is 4.79 Å². The Balaban J connectivity index is 2.47. The third kappa shape index (κ3) is 2.66. The van der Waals surface area contributed by atoms with Gasteiger partial charge in [-0.05, 0) is 18.6 Å². The summed E-state index contributed by atoms with van der Waals surface area (Å²) in [7, 11) is 0. The lowest BCUT2D eigenvalue weighted by molar-refractivity contribution is -0.118. The molecule has 1 aliphatic heterocycles. The number of anilines is 1. The fourth-order valence-electron chi connectivity index (χ4n) is 2.28. The number of thioether (sulfide) groups is 1. The molecule has 1 atom stereocenters. The Labute approximate surface area is 124 Å². The van der Waals surface area contributed by atoms with E-state index in [0.717, 1.165) is 17.0 Å². The Morgan fingerprint density at radius 2 is 2.20 bits per heavy atom. The monoisotopic (exact) mass is 289 g/mol. The molecular weight excluding hydrogens is 270 g/mol. The molecule has 0 spiro atoms. The molecule has 1 aromatic rings. The number of rotatable bonds is 5.